The van der Waals surface area contributed by atoms with Crippen LogP contribution in [0.3, 0.4) is 0 Å². The predicted octanol–water partition coefficient (Wildman–Crippen LogP) is 2.11. The molecule has 0 saturated heterocycles. The molecule has 0 spiro atoms. The highest BCUT2D eigenvalue weighted by atomic mass is 16.6. The standard InChI is InChI=1S/C12H16O4/c1-3-12(14)15-8-9(2)16-11-6-4-10(13)5-7-11/h4-7,9,13H,3,8H2,1-2H3. The fourth-order valence-corrected chi connectivity index (χ4v) is 1.10. The first-order chi connectivity index (χ1) is 7.61. The third kappa shape index (κ3) is 4.21. The summed E-state index contributed by atoms with van der Waals surface area (Å²) < 4.78 is 10.4. The number of aromatic hydroxyl groups is 1. The maximum Gasteiger partial charge on any atom is 0.305 e. The number of benzene rings is 1. The topological polar surface area (TPSA) is 55.8 Å². The average Bonchev–Trinajstić information content (AvgIpc) is 2.29. The average molecular weight is 224 g/mol. The Hall–Kier alpha value is -1.71. The van der Waals surface area contributed by atoms with E-state index in [-0.39, 0.29) is 24.4 Å². The molecule has 0 amide bonds. The van der Waals surface area contributed by atoms with Crippen LogP contribution >= 0.6 is 0 Å². The SMILES string of the molecule is CCC(=O)OCC(C)Oc1ccc(O)cc1. The molecule has 0 fully saturated rings. The van der Waals surface area contributed by atoms with E-state index in [0.29, 0.717) is 12.2 Å². The van der Waals surface area contributed by atoms with Gasteiger partial charge in [0.1, 0.15) is 24.2 Å². The first-order valence-electron chi connectivity index (χ1n) is 5.23. The Morgan fingerprint density at radius 1 is 1.38 bits per heavy atom. The zero-order valence-corrected chi connectivity index (χ0v) is 9.47. The number of phenolic OH excluding ortho intramolecular Hbond substituents is 1. The molecule has 0 aliphatic rings. The quantitative estimate of drug-likeness (QED) is 0.778. The van der Waals surface area contributed by atoms with Gasteiger partial charge in [-0.1, -0.05) is 6.92 Å². The maximum absolute atomic E-state index is 10.9. The summed E-state index contributed by atoms with van der Waals surface area (Å²) in [4.78, 5) is 10.9. The number of hydrogen-bond donors (Lipinski definition) is 1. The second kappa shape index (κ2) is 6.00. The highest BCUT2D eigenvalue weighted by Gasteiger charge is 2.07. The van der Waals surface area contributed by atoms with Gasteiger partial charge in [-0.3, -0.25) is 4.79 Å². The van der Waals surface area contributed by atoms with Crippen molar-refractivity contribution in [2.24, 2.45) is 0 Å². The van der Waals surface area contributed by atoms with Gasteiger partial charge in [-0.05, 0) is 31.2 Å². The van der Waals surface area contributed by atoms with Gasteiger partial charge in [0.2, 0.25) is 0 Å². The van der Waals surface area contributed by atoms with Gasteiger partial charge < -0.3 is 14.6 Å². The molecule has 88 valence electrons. The van der Waals surface area contributed by atoms with Gasteiger partial charge in [0.05, 0.1) is 0 Å². The first kappa shape index (κ1) is 12.4. The normalized spacial score (nSPS) is 11.9. The van der Waals surface area contributed by atoms with Crippen LogP contribution in [0.5, 0.6) is 11.5 Å². The summed E-state index contributed by atoms with van der Waals surface area (Å²) in [6.45, 7) is 3.79. The van der Waals surface area contributed by atoms with Crippen molar-refractivity contribution < 1.29 is 19.4 Å². The van der Waals surface area contributed by atoms with E-state index in [0.717, 1.165) is 0 Å². The third-order valence-electron chi connectivity index (χ3n) is 1.94. The number of ether oxygens (including phenoxy) is 2. The van der Waals surface area contributed by atoms with E-state index in [1.54, 1.807) is 31.2 Å². The summed E-state index contributed by atoms with van der Waals surface area (Å²) in [5.74, 6) is 0.594. The number of carbonyl (C=O) groups excluding carboxylic acids is 1. The smallest absolute Gasteiger partial charge is 0.305 e. The number of phenols is 1. The van der Waals surface area contributed by atoms with E-state index in [4.69, 9.17) is 14.6 Å². The molecule has 0 saturated carbocycles. The highest BCUT2D eigenvalue weighted by molar-refractivity contribution is 5.68. The van der Waals surface area contributed by atoms with E-state index in [2.05, 4.69) is 0 Å². The lowest BCUT2D eigenvalue weighted by molar-refractivity contribution is -0.145. The molecule has 0 heterocycles. The Bertz CT molecular complexity index is 331. The number of hydrogen-bond acceptors (Lipinski definition) is 4. The lowest BCUT2D eigenvalue weighted by Crippen LogP contribution is -2.21. The summed E-state index contributed by atoms with van der Waals surface area (Å²) >= 11 is 0. The second-order valence-corrected chi connectivity index (χ2v) is 3.46. The minimum Gasteiger partial charge on any atom is -0.508 e. The summed E-state index contributed by atoms with van der Waals surface area (Å²) in [7, 11) is 0. The van der Waals surface area contributed by atoms with Gasteiger partial charge in [-0.25, -0.2) is 0 Å². The molecule has 0 radical (unpaired) electrons. The molecule has 0 aromatic heterocycles. The van der Waals surface area contributed by atoms with Crippen LogP contribution in [0.25, 0.3) is 0 Å². The molecule has 1 N–H and O–H groups in total. The van der Waals surface area contributed by atoms with Crippen molar-refractivity contribution in [3.63, 3.8) is 0 Å². The summed E-state index contributed by atoms with van der Waals surface area (Å²) in [6, 6.07) is 6.40. The maximum atomic E-state index is 10.9. The van der Waals surface area contributed by atoms with E-state index >= 15 is 0 Å². The van der Waals surface area contributed by atoms with Crippen LogP contribution in [0.2, 0.25) is 0 Å². The molecule has 1 rings (SSSR count). The largest absolute Gasteiger partial charge is 0.508 e. The minimum atomic E-state index is -0.235. The zero-order valence-electron chi connectivity index (χ0n) is 9.47. The van der Waals surface area contributed by atoms with Crippen LogP contribution in [-0.4, -0.2) is 23.8 Å². The Kier molecular flexibility index (Phi) is 4.64. The van der Waals surface area contributed by atoms with Gasteiger partial charge in [-0.2, -0.15) is 0 Å². The van der Waals surface area contributed by atoms with Crippen LogP contribution in [0.1, 0.15) is 20.3 Å². The van der Waals surface area contributed by atoms with Crippen molar-refractivity contribution in [2.45, 2.75) is 26.4 Å². The molecule has 1 aromatic carbocycles. The molecular formula is C12H16O4. The lowest BCUT2D eigenvalue weighted by Gasteiger charge is -2.14. The van der Waals surface area contributed by atoms with E-state index in [9.17, 15) is 4.79 Å². The van der Waals surface area contributed by atoms with Crippen molar-refractivity contribution >= 4 is 5.97 Å². The highest BCUT2D eigenvalue weighted by Crippen LogP contribution is 2.17. The van der Waals surface area contributed by atoms with Crippen LogP contribution in [0.4, 0.5) is 0 Å². The molecule has 1 atom stereocenters. The van der Waals surface area contributed by atoms with Crippen molar-refractivity contribution in [3.05, 3.63) is 24.3 Å². The summed E-state index contributed by atoms with van der Waals surface area (Å²) in [5.41, 5.74) is 0. The van der Waals surface area contributed by atoms with Gasteiger partial charge in [0.15, 0.2) is 0 Å². The fourth-order valence-electron chi connectivity index (χ4n) is 1.10. The molecule has 4 nitrogen and oxygen atoms in total. The predicted molar refractivity (Wildman–Crippen MR) is 59.4 cm³/mol. The molecule has 16 heavy (non-hydrogen) atoms. The third-order valence-corrected chi connectivity index (χ3v) is 1.94. The van der Waals surface area contributed by atoms with Gasteiger partial charge in [0, 0.05) is 6.42 Å². The molecular weight excluding hydrogens is 208 g/mol. The van der Waals surface area contributed by atoms with E-state index in [1.807, 2.05) is 6.92 Å². The van der Waals surface area contributed by atoms with E-state index in [1.165, 1.54) is 0 Å². The summed E-state index contributed by atoms with van der Waals surface area (Å²) in [5, 5.41) is 9.07. The Morgan fingerprint density at radius 3 is 2.56 bits per heavy atom. The van der Waals surface area contributed by atoms with Crippen LogP contribution in [0, 0.1) is 0 Å². The van der Waals surface area contributed by atoms with Gasteiger partial charge >= 0.3 is 5.97 Å². The van der Waals surface area contributed by atoms with Crippen molar-refractivity contribution in [1.82, 2.24) is 0 Å². The Labute approximate surface area is 94.8 Å². The number of carbonyl (C=O) groups is 1. The Morgan fingerprint density at radius 2 is 2.00 bits per heavy atom. The van der Waals surface area contributed by atoms with Gasteiger partial charge in [-0.15, -0.1) is 0 Å². The van der Waals surface area contributed by atoms with Gasteiger partial charge in [0.25, 0.3) is 0 Å². The second-order valence-electron chi connectivity index (χ2n) is 3.46. The lowest BCUT2D eigenvalue weighted by atomic mass is 10.3. The van der Waals surface area contributed by atoms with Crippen LogP contribution in [0.15, 0.2) is 24.3 Å². The molecule has 1 unspecified atom stereocenters. The van der Waals surface area contributed by atoms with Crippen molar-refractivity contribution in [1.29, 1.82) is 0 Å². The molecule has 0 bridgehead atoms. The van der Waals surface area contributed by atoms with Crippen LogP contribution in [-0.2, 0) is 9.53 Å². The number of esters is 1. The van der Waals surface area contributed by atoms with Crippen molar-refractivity contribution in [2.75, 3.05) is 6.61 Å². The number of rotatable bonds is 5. The molecule has 1 aromatic rings. The Balaban J connectivity index is 2.36. The molecule has 0 aliphatic heterocycles. The van der Waals surface area contributed by atoms with Crippen LogP contribution < -0.4 is 4.74 Å². The minimum absolute atomic E-state index is 0.192. The monoisotopic (exact) mass is 224 g/mol. The molecule has 4 heteroatoms. The van der Waals surface area contributed by atoms with E-state index < -0.39 is 0 Å². The molecule has 0 aliphatic carbocycles. The summed E-state index contributed by atoms with van der Waals surface area (Å²) in [6.07, 6.45) is 0.159. The van der Waals surface area contributed by atoms with Crippen molar-refractivity contribution in [3.8, 4) is 11.5 Å². The zero-order chi connectivity index (χ0) is 12.0. The first-order valence-corrected chi connectivity index (χ1v) is 5.23. The fraction of sp³-hybridized carbons (Fsp3) is 0.417.